The summed E-state index contributed by atoms with van der Waals surface area (Å²) in [7, 11) is 0. The Balaban J connectivity index is 2.45. The molecule has 1 fully saturated rings. The molecule has 0 aliphatic carbocycles. The van der Waals surface area contributed by atoms with Crippen LogP contribution in [0.15, 0.2) is 0 Å². The molecule has 0 saturated carbocycles. The molecule has 1 heterocycles. The van der Waals surface area contributed by atoms with E-state index in [1.165, 1.54) is 19.3 Å². The minimum Gasteiger partial charge on any atom is -0.369 e. The number of nitrogens with two attached hydrogens (primary N) is 2. The SMILES string of the molecule is CC(CN1CCCCC1CCN)C(N)=O. The van der Waals surface area contributed by atoms with E-state index in [0.29, 0.717) is 6.04 Å². The predicted octanol–water partition coefficient (Wildman–Crippen LogP) is 0.311. The zero-order valence-electron chi connectivity index (χ0n) is 9.61. The van der Waals surface area contributed by atoms with Crippen molar-refractivity contribution in [3.63, 3.8) is 0 Å². The Morgan fingerprint density at radius 3 is 2.87 bits per heavy atom. The third-order valence-corrected chi connectivity index (χ3v) is 3.24. The van der Waals surface area contributed by atoms with E-state index in [-0.39, 0.29) is 11.8 Å². The number of likely N-dealkylation sites (tertiary alicyclic amines) is 1. The first kappa shape index (κ1) is 12.5. The fraction of sp³-hybridized carbons (Fsp3) is 0.909. The largest absolute Gasteiger partial charge is 0.369 e. The van der Waals surface area contributed by atoms with E-state index in [1.807, 2.05) is 6.92 Å². The number of hydrogen-bond acceptors (Lipinski definition) is 3. The molecular weight excluding hydrogens is 190 g/mol. The molecule has 2 atom stereocenters. The van der Waals surface area contributed by atoms with Crippen molar-refractivity contribution < 1.29 is 4.79 Å². The maximum atomic E-state index is 11.0. The standard InChI is InChI=1S/C11H23N3O/c1-9(11(13)15)8-14-7-3-2-4-10(14)5-6-12/h9-10H,2-8,12H2,1H3,(H2,13,15). The van der Waals surface area contributed by atoms with Gasteiger partial charge in [0.05, 0.1) is 0 Å². The molecule has 0 bridgehead atoms. The lowest BCUT2D eigenvalue weighted by Gasteiger charge is -2.36. The molecule has 1 saturated heterocycles. The summed E-state index contributed by atoms with van der Waals surface area (Å²) >= 11 is 0. The Morgan fingerprint density at radius 2 is 2.27 bits per heavy atom. The van der Waals surface area contributed by atoms with Gasteiger partial charge in [0.15, 0.2) is 0 Å². The molecule has 4 N–H and O–H groups in total. The van der Waals surface area contributed by atoms with Crippen LogP contribution in [0, 0.1) is 5.92 Å². The molecular formula is C11H23N3O. The van der Waals surface area contributed by atoms with Crippen molar-refractivity contribution in [2.45, 2.75) is 38.6 Å². The maximum absolute atomic E-state index is 11.0. The number of nitrogens with zero attached hydrogens (tertiary/aromatic N) is 1. The molecule has 1 aliphatic rings. The number of carbonyl (C=O) groups excluding carboxylic acids is 1. The Hall–Kier alpha value is -0.610. The van der Waals surface area contributed by atoms with Crippen LogP contribution >= 0.6 is 0 Å². The smallest absolute Gasteiger partial charge is 0.221 e. The summed E-state index contributed by atoms with van der Waals surface area (Å²) in [6.07, 6.45) is 4.76. The van der Waals surface area contributed by atoms with Crippen molar-refractivity contribution in [2.75, 3.05) is 19.6 Å². The average molecular weight is 213 g/mol. The summed E-state index contributed by atoms with van der Waals surface area (Å²) in [6.45, 7) is 4.50. The normalized spacial score (nSPS) is 25.1. The topological polar surface area (TPSA) is 72.3 Å². The molecule has 0 spiro atoms. The summed E-state index contributed by atoms with van der Waals surface area (Å²) in [6, 6.07) is 0.561. The van der Waals surface area contributed by atoms with E-state index in [1.54, 1.807) is 0 Å². The Kier molecular flexibility index (Phi) is 5.05. The lowest BCUT2D eigenvalue weighted by Crippen LogP contribution is -2.44. The number of hydrogen-bond donors (Lipinski definition) is 2. The second kappa shape index (κ2) is 6.08. The van der Waals surface area contributed by atoms with Crippen LogP contribution in [-0.4, -0.2) is 36.5 Å². The third-order valence-electron chi connectivity index (χ3n) is 3.24. The van der Waals surface area contributed by atoms with E-state index in [2.05, 4.69) is 4.90 Å². The highest BCUT2D eigenvalue weighted by atomic mass is 16.1. The van der Waals surface area contributed by atoms with Crippen molar-refractivity contribution >= 4 is 5.91 Å². The van der Waals surface area contributed by atoms with Gasteiger partial charge in [0.2, 0.25) is 5.91 Å². The van der Waals surface area contributed by atoms with Crippen molar-refractivity contribution in [3.8, 4) is 0 Å². The number of primary amides is 1. The first-order chi connectivity index (χ1) is 7.15. The molecule has 4 nitrogen and oxygen atoms in total. The third kappa shape index (κ3) is 3.80. The van der Waals surface area contributed by atoms with Crippen LogP contribution in [-0.2, 0) is 4.79 Å². The van der Waals surface area contributed by atoms with Crippen molar-refractivity contribution in [3.05, 3.63) is 0 Å². The van der Waals surface area contributed by atoms with Gasteiger partial charge >= 0.3 is 0 Å². The Morgan fingerprint density at radius 1 is 1.53 bits per heavy atom. The molecule has 1 amide bonds. The molecule has 0 radical (unpaired) electrons. The quantitative estimate of drug-likeness (QED) is 0.690. The van der Waals surface area contributed by atoms with Gasteiger partial charge in [-0.1, -0.05) is 13.3 Å². The van der Waals surface area contributed by atoms with Gasteiger partial charge in [-0.3, -0.25) is 9.69 Å². The van der Waals surface area contributed by atoms with Crippen LogP contribution in [0.1, 0.15) is 32.6 Å². The second-order valence-electron chi connectivity index (χ2n) is 4.53. The Bertz CT molecular complexity index is 206. The van der Waals surface area contributed by atoms with Crippen LogP contribution in [0.4, 0.5) is 0 Å². The van der Waals surface area contributed by atoms with Crippen molar-refractivity contribution in [1.82, 2.24) is 4.90 Å². The molecule has 1 rings (SSSR count). The molecule has 0 aromatic rings. The van der Waals surface area contributed by atoms with Gasteiger partial charge in [0.1, 0.15) is 0 Å². The fourth-order valence-corrected chi connectivity index (χ4v) is 2.26. The minimum atomic E-state index is -0.202. The second-order valence-corrected chi connectivity index (χ2v) is 4.53. The first-order valence-corrected chi connectivity index (χ1v) is 5.88. The lowest BCUT2D eigenvalue weighted by molar-refractivity contribution is -0.122. The van der Waals surface area contributed by atoms with E-state index >= 15 is 0 Å². The fourth-order valence-electron chi connectivity index (χ4n) is 2.26. The van der Waals surface area contributed by atoms with Crippen LogP contribution in [0.3, 0.4) is 0 Å². The van der Waals surface area contributed by atoms with Gasteiger partial charge in [0.25, 0.3) is 0 Å². The van der Waals surface area contributed by atoms with E-state index < -0.39 is 0 Å². The van der Waals surface area contributed by atoms with Gasteiger partial charge in [-0.2, -0.15) is 0 Å². The number of carbonyl (C=O) groups is 1. The number of rotatable bonds is 5. The summed E-state index contributed by atoms with van der Waals surface area (Å²) in [5.74, 6) is -0.254. The van der Waals surface area contributed by atoms with Gasteiger partial charge in [0, 0.05) is 18.5 Å². The van der Waals surface area contributed by atoms with Crippen molar-refractivity contribution in [2.24, 2.45) is 17.4 Å². The summed E-state index contributed by atoms with van der Waals surface area (Å²) < 4.78 is 0. The molecule has 0 aromatic carbocycles. The van der Waals surface area contributed by atoms with Crippen LogP contribution < -0.4 is 11.5 Å². The number of piperidine rings is 1. The Labute approximate surface area is 92.0 Å². The molecule has 1 aliphatic heterocycles. The van der Waals surface area contributed by atoms with Crippen LogP contribution in [0.5, 0.6) is 0 Å². The molecule has 4 heteroatoms. The molecule has 88 valence electrons. The summed E-state index contributed by atoms with van der Waals surface area (Å²) in [5.41, 5.74) is 10.9. The highest BCUT2D eigenvalue weighted by molar-refractivity contribution is 5.76. The monoisotopic (exact) mass is 213 g/mol. The van der Waals surface area contributed by atoms with E-state index in [9.17, 15) is 4.79 Å². The maximum Gasteiger partial charge on any atom is 0.221 e. The summed E-state index contributed by atoms with van der Waals surface area (Å²) in [5, 5.41) is 0. The molecule has 0 aromatic heterocycles. The average Bonchev–Trinajstić information content (AvgIpc) is 2.21. The van der Waals surface area contributed by atoms with Gasteiger partial charge < -0.3 is 11.5 Å². The lowest BCUT2D eigenvalue weighted by atomic mass is 9.97. The van der Waals surface area contributed by atoms with Gasteiger partial charge in [-0.15, -0.1) is 0 Å². The van der Waals surface area contributed by atoms with Crippen LogP contribution in [0.25, 0.3) is 0 Å². The predicted molar refractivity (Wildman–Crippen MR) is 61.2 cm³/mol. The highest BCUT2D eigenvalue weighted by Gasteiger charge is 2.24. The molecule has 2 unspecified atom stereocenters. The zero-order chi connectivity index (χ0) is 11.3. The summed E-state index contributed by atoms with van der Waals surface area (Å²) in [4.78, 5) is 13.4. The molecule has 15 heavy (non-hydrogen) atoms. The van der Waals surface area contributed by atoms with E-state index in [4.69, 9.17) is 11.5 Å². The van der Waals surface area contributed by atoms with Gasteiger partial charge in [-0.05, 0) is 32.4 Å². The minimum absolute atomic E-state index is 0.0524. The highest BCUT2D eigenvalue weighted by Crippen LogP contribution is 2.20. The van der Waals surface area contributed by atoms with Crippen LogP contribution in [0.2, 0.25) is 0 Å². The van der Waals surface area contributed by atoms with E-state index in [0.717, 1.165) is 26.1 Å². The van der Waals surface area contributed by atoms with Crippen molar-refractivity contribution in [1.29, 1.82) is 0 Å². The zero-order valence-corrected chi connectivity index (χ0v) is 9.61. The van der Waals surface area contributed by atoms with Gasteiger partial charge in [-0.25, -0.2) is 0 Å². The first-order valence-electron chi connectivity index (χ1n) is 5.88. The number of amides is 1.